The van der Waals surface area contributed by atoms with Gasteiger partial charge in [0.15, 0.2) is 0 Å². The van der Waals surface area contributed by atoms with Crippen LogP contribution in [0.2, 0.25) is 4.43 Å². The molecule has 0 radical (unpaired) electrons. The van der Waals surface area contributed by atoms with Crippen LogP contribution in [0.25, 0.3) is 33.8 Å². The standard InChI is InChI=1S/C22H15N2.C11H19O2.Ir/c1-4-10-17(11-5-1)20-16-23-21(18-12-6-2-7-13-18)22(24-20)19-14-8-3-9-15-19;1-10(2,3)8(12)7-9(13)11(4,5)6;/h1-15H;7H,1-6H3;. The number of Topliss-reactive ketones (excluding diaryl/α,β-unsaturated/α-hetero) is 2. The number of benzene rings is 3. The summed E-state index contributed by atoms with van der Waals surface area (Å²) < 4.78 is 0.0768. The Labute approximate surface area is 233 Å². The minimum absolute atomic E-state index is 0.0216. The molecule has 0 N–H and O–H groups in total. The number of carbonyl (C=O) groups excluding carboxylic acids is 2. The van der Waals surface area contributed by atoms with Crippen molar-refractivity contribution < 1.29 is 27.3 Å². The van der Waals surface area contributed by atoms with Crippen LogP contribution in [0.4, 0.5) is 0 Å². The third-order valence-electron chi connectivity index (χ3n) is 6.08. The molecule has 0 aliphatic rings. The molecule has 0 fully saturated rings. The molecule has 0 unspecified atom stereocenters. The summed E-state index contributed by atoms with van der Waals surface area (Å²) in [5.74, 6) is -0.0433. The number of rotatable bonds is 7. The fourth-order valence-corrected chi connectivity index (χ4v) is 8.45. The van der Waals surface area contributed by atoms with Gasteiger partial charge in [-0.05, 0) is 0 Å². The quantitative estimate of drug-likeness (QED) is 0.194. The summed E-state index contributed by atoms with van der Waals surface area (Å²) in [5, 5.41) is 0. The van der Waals surface area contributed by atoms with Gasteiger partial charge in [-0.1, -0.05) is 0 Å². The summed E-state index contributed by atoms with van der Waals surface area (Å²) in [6, 6.07) is 30.0. The number of hydrogen-bond acceptors (Lipinski definition) is 4. The van der Waals surface area contributed by atoms with Crippen molar-refractivity contribution in [1.82, 2.24) is 9.97 Å². The Balaban J connectivity index is 1.99. The molecule has 4 rings (SSSR count). The van der Waals surface area contributed by atoms with E-state index in [1.807, 2.05) is 133 Å². The average molecular weight is 683 g/mol. The summed E-state index contributed by atoms with van der Waals surface area (Å²) in [6.45, 7) is 11.3. The predicted octanol–water partition coefficient (Wildman–Crippen LogP) is 7.20. The van der Waals surface area contributed by atoms with Crippen LogP contribution in [0.5, 0.6) is 0 Å². The van der Waals surface area contributed by atoms with Gasteiger partial charge in [0, 0.05) is 0 Å². The van der Waals surface area contributed by atoms with Crippen molar-refractivity contribution in [3.63, 3.8) is 0 Å². The van der Waals surface area contributed by atoms with E-state index in [1.165, 1.54) is 0 Å². The van der Waals surface area contributed by atoms with Gasteiger partial charge in [0.1, 0.15) is 0 Å². The Morgan fingerprint density at radius 3 is 1.26 bits per heavy atom. The first-order chi connectivity index (χ1) is 18.0. The number of hydrogen-bond donors (Lipinski definition) is 0. The zero-order valence-electron chi connectivity index (χ0n) is 22.8. The maximum atomic E-state index is 13.7. The topological polar surface area (TPSA) is 59.9 Å². The van der Waals surface area contributed by atoms with Gasteiger partial charge in [-0.2, -0.15) is 0 Å². The van der Waals surface area contributed by atoms with Gasteiger partial charge in [0.05, 0.1) is 0 Å². The van der Waals surface area contributed by atoms with Crippen molar-refractivity contribution in [3.05, 3.63) is 91.0 Å². The first-order valence-electron chi connectivity index (χ1n) is 12.7. The Hall–Kier alpha value is -3.27. The molecule has 0 spiro atoms. The van der Waals surface area contributed by atoms with Crippen LogP contribution in [0.3, 0.4) is 0 Å². The molecule has 1 heterocycles. The summed E-state index contributed by atoms with van der Waals surface area (Å²) >= 11 is -1.35. The van der Waals surface area contributed by atoms with Gasteiger partial charge in [-0.3, -0.25) is 0 Å². The van der Waals surface area contributed by atoms with Gasteiger partial charge in [0.2, 0.25) is 0 Å². The second kappa shape index (κ2) is 11.2. The van der Waals surface area contributed by atoms with Gasteiger partial charge < -0.3 is 0 Å². The molecule has 0 saturated carbocycles. The second-order valence-corrected chi connectivity index (χ2v) is 14.5. The second-order valence-electron chi connectivity index (χ2n) is 11.3. The van der Waals surface area contributed by atoms with Crippen molar-refractivity contribution in [2.45, 2.75) is 46.0 Å². The van der Waals surface area contributed by atoms with Crippen molar-refractivity contribution >= 4 is 15.8 Å². The zero-order chi connectivity index (χ0) is 27.5. The van der Waals surface area contributed by atoms with Crippen LogP contribution in [0.1, 0.15) is 41.5 Å². The van der Waals surface area contributed by atoms with Crippen LogP contribution in [-0.2, 0) is 27.3 Å². The van der Waals surface area contributed by atoms with Crippen molar-refractivity contribution in [2.75, 3.05) is 0 Å². The molecular formula is C33H34IrN2O2. The predicted molar refractivity (Wildman–Crippen MR) is 151 cm³/mol. The maximum absolute atomic E-state index is 13.7. The molecule has 197 valence electrons. The van der Waals surface area contributed by atoms with Crippen molar-refractivity contribution in [2.24, 2.45) is 10.8 Å². The molecular weight excluding hydrogens is 649 g/mol. The fourth-order valence-electron chi connectivity index (χ4n) is 3.86. The summed E-state index contributed by atoms with van der Waals surface area (Å²) in [4.78, 5) is 37.9. The third kappa shape index (κ3) is 6.23. The molecule has 0 aliphatic heterocycles. The van der Waals surface area contributed by atoms with E-state index in [4.69, 9.17) is 9.97 Å². The summed E-state index contributed by atoms with van der Waals surface area (Å²) in [5.41, 5.74) is 3.87. The van der Waals surface area contributed by atoms with E-state index in [9.17, 15) is 9.59 Å². The first-order valence-corrected chi connectivity index (χ1v) is 15.3. The molecule has 3 aromatic carbocycles. The molecule has 1 aromatic heterocycles. The molecule has 4 aromatic rings. The van der Waals surface area contributed by atoms with Gasteiger partial charge in [-0.15, -0.1) is 0 Å². The molecule has 0 aliphatic carbocycles. The van der Waals surface area contributed by atoms with E-state index >= 15 is 0 Å². The Morgan fingerprint density at radius 1 is 0.553 bits per heavy atom. The van der Waals surface area contributed by atoms with Crippen molar-refractivity contribution in [3.8, 4) is 33.8 Å². The SMILES string of the molecule is CC(C)(C)C(=O)[CH]([Ir][c]1nc(-c2ccccc2)c(-c2ccccc2)nc1-c1ccccc1)C(=O)C(C)(C)C. The zero-order valence-corrected chi connectivity index (χ0v) is 25.2. The Morgan fingerprint density at radius 2 is 0.895 bits per heavy atom. The van der Waals surface area contributed by atoms with Crippen LogP contribution in [0.15, 0.2) is 91.0 Å². The van der Waals surface area contributed by atoms with Gasteiger partial charge in [0.25, 0.3) is 0 Å². The van der Waals surface area contributed by atoms with Gasteiger partial charge >= 0.3 is 235 Å². The van der Waals surface area contributed by atoms with E-state index in [0.717, 1.165) is 38.0 Å². The van der Waals surface area contributed by atoms with E-state index in [1.54, 1.807) is 0 Å². The third-order valence-corrected chi connectivity index (χ3v) is 9.52. The Bertz CT molecular complexity index is 1400. The van der Waals surface area contributed by atoms with E-state index in [2.05, 4.69) is 0 Å². The molecule has 0 amide bonds. The molecule has 0 bridgehead atoms. The minimum atomic E-state index is -1.35. The van der Waals surface area contributed by atoms with Crippen LogP contribution in [-0.4, -0.2) is 21.5 Å². The normalized spacial score (nSPS) is 12.1. The molecule has 5 heteroatoms. The van der Waals surface area contributed by atoms with Crippen LogP contribution >= 0.6 is 0 Å². The number of nitrogens with zero attached hydrogens (tertiary/aromatic N) is 2. The molecule has 0 saturated heterocycles. The molecule has 0 atom stereocenters. The van der Waals surface area contributed by atoms with E-state index in [-0.39, 0.29) is 11.6 Å². The average Bonchev–Trinajstić information content (AvgIpc) is 2.91. The fraction of sp³-hybridized carbons (Fsp3) is 0.273. The Kier molecular flexibility index (Phi) is 8.20. The van der Waals surface area contributed by atoms with Gasteiger partial charge in [-0.25, -0.2) is 0 Å². The number of ketones is 2. The van der Waals surface area contributed by atoms with Crippen LogP contribution < -0.4 is 4.21 Å². The molecule has 4 nitrogen and oxygen atoms in total. The summed E-state index contributed by atoms with van der Waals surface area (Å²) in [7, 11) is 0. The number of aromatic nitrogens is 2. The van der Waals surface area contributed by atoms with Crippen molar-refractivity contribution in [1.29, 1.82) is 0 Å². The monoisotopic (exact) mass is 683 g/mol. The van der Waals surface area contributed by atoms with E-state index < -0.39 is 33.0 Å². The first kappa shape index (κ1) is 27.8. The molecule has 38 heavy (non-hydrogen) atoms. The number of carbonyl (C=O) groups is 2. The van der Waals surface area contributed by atoms with Crippen LogP contribution in [0, 0.1) is 10.8 Å². The summed E-state index contributed by atoms with van der Waals surface area (Å²) in [6.07, 6.45) is 0. The van der Waals surface area contributed by atoms with E-state index in [0.29, 0.717) is 0 Å².